The Bertz CT molecular complexity index is 1500. The van der Waals surface area contributed by atoms with Crippen molar-refractivity contribution in [2.75, 3.05) is 0 Å². The highest BCUT2D eigenvalue weighted by Crippen LogP contribution is 2.37. The van der Waals surface area contributed by atoms with Crippen molar-refractivity contribution in [1.29, 1.82) is 0 Å². The number of fused-ring (bicyclic) bond motifs is 1. The number of aromatic carboxylic acids is 2. The molecule has 0 heterocycles. The average Bonchev–Trinajstić information content (AvgIpc) is 3.00. The van der Waals surface area contributed by atoms with Crippen LogP contribution in [-0.2, 0) is 12.8 Å². The van der Waals surface area contributed by atoms with Crippen LogP contribution in [0, 0.1) is 0 Å². The Kier molecular flexibility index (Phi) is 10.0. The van der Waals surface area contributed by atoms with Crippen LogP contribution >= 0.6 is 0 Å². The molecule has 0 amide bonds. The van der Waals surface area contributed by atoms with E-state index in [-0.39, 0.29) is 22.3 Å². The molecule has 0 saturated heterocycles. The molecule has 6 nitrogen and oxygen atoms in total. The third-order valence-corrected chi connectivity index (χ3v) is 7.71. The Balaban J connectivity index is 2.15. The van der Waals surface area contributed by atoms with Crippen LogP contribution in [0.5, 0.6) is 0 Å². The van der Waals surface area contributed by atoms with Gasteiger partial charge < -0.3 is 10.2 Å². The number of carboxylic acids is 2. The molecule has 0 aliphatic carbocycles. The molecule has 4 aromatic rings. The van der Waals surface area contributed by atoms with Crippen molar-refractivity contribution in [3.8, 4) is 0 Å². The molecule has 0 aliphatic heterocycles. The number of carboxylic acid groups (broad SMARTS) is 2. The van der Waals surface area contributed by atoms with E-state index in [9.17, 15) is 29.4 Å². The predicted molar refractivity (Wildman–Crippen MR) is 164 cm³/mol. The van der Waals surface area contributed by atoms with Gasteiger partial charge in [-0.25, -0.2) is 9.59 Å². The zero-order chi connectivity index (χ0) is 30.2. The van der Waals surface area contributed by atoms with Gasteiger partial charge in [-0.2, -0.15) is 0 Å². The molecule has 2 N–H and O–H groups in total. The number of unbranched alkanes of at least 4 members (excludes halogenated alkanes) is 4. The quantitative estimate of drug-likeness (QED) is 0.118. The number of ketones is 2. The topological polar surface area (TPSA) is 109 Å². The lowest BCUT2D eigenvalue weighted by Crippen LogP contribution is -2.18. The van der Waals surface area contributed by atoms with Crippen LogP contribution < -0.4 is 0 Å². The maximum Gasteiger partial charge on any atom is 0.336 e. The second kappa shape index (κ2) is 13.9. The molecule has 0 unspecified atom stereocenters. The van der Waals surface area contributed by atoms with E-state index >= 15 is 0 Å². The van der Waals surface area contributed by atoms with E-state index in [1.165, 1.54) is 12.1 Å². The van der Waals surface area contributed by atoms with Crippen molar-refractivity contribution in [2.24, 2.45) is 0 Å². The zero-order valence-corrected chi connectivity index (χ0v) is 24.1. The molecule has 216 valence electrons. The second-order valence-electron chi connectivity index (χ2n) is 10.6. The molecule has 0 atom stereocenters. The fourth-order valence-corrected chi connectivity index (χ4v) is 5.63. The van der Waals surface area contributed by atoms with E-state index < -0.39 is 23.5 Å². The van der Waals surface area contributed by atoms with E-state index in [0.29, 0.717) is 58.7 Å². The fourth-order valence-electron chi connectivity index (χ4n) is 5.63. The van der Waals surface area contributed by atoms with E-state index in [1.807, 2.05) is 0 Å². The van der Waals surface area contributed by atoms with Crippen molar-refractivity contribution in [1.82, 2.24) is 0 Å². The summed E-state index contributed by atoms with van der Waals surface area (Å²) in [5.41, 5.74) is 1.63. The summed E-state index contributed by atoms with van der Waals surface area (Å²) in [5, 5.41) is 21.9. The highest BCUT2D eigenvalue weighted by molar-refractivity contribution is 6.21. The summed E-state index contributed by atoms with van der Waals surface area (Å²) < 4.78 is 0. The summed E-state index contributed by atoms with van der Waals surface area (Å²) in [6.45, 7) is 4.11. The first-order valence-corrected chi connectivity index (χ1v) is 14.6. The Morgan fingerprint density at radius 3 is 1.21 bits per heavy atom. The molecular formula is C36H36O6. The molecule has 0 aliphatic rings. The number of hydrogen-bond donors (Lipinski definition) is 2. The Morgan fingerprint density at radius 2 is 0.905 bits per heavy atom. The summed E-state index contributed by atoms with van der Waals surface area (Å²) in [6.07, 6.45) is 5.74. The first-order chi connectivity index (χ1) is 20.3. The van der Waals surface area contributed by atoms with Crippen LogP contribution in [0.2, 0.25) is 0 Å². The molecule has 42 heavy (non-hydrogen) atoms. The average molecular weight is 565 g/mol. The molecule has 0 spiro atoms. The van der Waals surface area contributed by atoms with Crippen LogP contribution in [-0.4, -0.2) is 33.7 Å². The fraction of sp³-hybridized carbons (Fsp3) is 0.278. The van der Waals surface area contributed by atoms with Gasteiger partial charge in [-0.1, -0.05) is 100 Å². The summed E-state index contributed by atoms with van der Waals surface area (Å²) in [4.78, 5) is 53.3. The lowest BCUT2D eigenvalue weighted by molar-refractivity contribution is 0.0683. The number of carbonyl (C=O) groups is 4. The minimum Gasteiger partial charge on any atom is -0.478 e. The summed E-state index contributed by atoms with van der Waals surface area (Å²) in [5.74, 6) is -3.33. The molecule has 4 rings (SSSR count). The molecule has 0 aromatic heterocycles. The molecule has 4 aromatic carbocycles. The third-order valence-electron chi connectivity index (χ3n) is 7.71. The van der Waals surface area contributed by atoms with Gasteiger partial charge in [0.1, 0.15) is 0 Å². The van der Waals surface area contributed by atoms with Crippen LogP contribution in [0.25, 0.3) is 10.8 Å². The maximum atomic E-state index is 13.9. The van der Waals surface area contributed by atoms with E-state index in [4.69, 9.17) is 0 Å². The highest BCUT2D eigenvalue weighted by Gasteiger charge is 2.30. The molecule has 0 saturated carbocycles. The number of benzene rings is 4. The summed E-state index contributed by atoms with van der Waals surface area (Å²) >= 11 is 0. The lowest BCUT2D eigenvalue weighted by atomic mass is 9.81. The van der Waals surface area contributed by atoms with Crippen molar-refractivity contribution in [3.05, 3.63) is 117 Å². The normalized spacial score (nSPS) is 11.0. The van der Waals surface area contributed by atoms with E-state index in [2.05, 4.69) is 13.8 Å². The first-order valence-electron chi connectivity index (χ1n) is 14.6. The van der Waals surface area contributed by atoms with E-state index in [0.717, 1.165) is 25.7 Å². The smallest absolute Gasteiger partial charge is 0.336 e. The largest absolute Gasteiger partial charge is 0.478 e. The van der Waals surface area contributed by atoms with Crippen molar-refractivity contribution in [2.45, 2.75) is 65.2 Å². The number of aryl methyl sites for hydroxylation is 2. The van der Waals surface area contributed by atoms with Gasteiger partial charge in [0.15, 0.2) is 11.6 Å². The third kappa shape index (κ3) is 6.33. The maximum absolute atomic E-state index is 13.9. The van der Waals surface area contributed by atoms with Crippen LogP contribution in [0.3, 0.4) is 0 Å². The van der Waals surface area contributed by atoms with Gasteiger partial charge in [0, 0.05) is 22.3 Å². The van der Waals surface area contributed by atoms with Gasteiger partial charge in [-0.15, -0.1) is 0 Å². The molecule has 6 heteroatoms. The van der Waals surface area contributed by atoms with Crippen LogP contribution in [0.4, 0.5) is 0 Å². The molecular weight excluding hydrogens is 528 g/mol. The number of hydrogen-bond acceptors (Lipinski definition) is 4. The minimum atomic E-state index is -1.24. The molecule has 0 radical (unpaired) electrons. The van der Waals surface area contributed by atoms with Gasteiger partial charge in [0.05, 0.1) is 11.1 Å². The van der Waals surface area contributed by atoms with Gasteiger partial charge in [0.25, 0.3) is 0 Å². The predicted octanol–water partition coefficient (Wildman–Crippen LogP) is 8.16. The van der Waals surface area contributed by atoms with Gasteiger partial charge >= 0.3 is 11.9 Å². The standard InChI is InChI=1S/C36H36O6/c1-3-5-9-19-25-27-21-30(36(41)42)32(34(38)24-17-13-8-14-18-24)26(20-10-6-4-2)28(27)22-29(35(39)40)31(25)33(37)23-15-11-7-12-16-23/h7-8,11-18,21-22H,3-6,9-10,19-20H2,1-2H3,(H,39,40)(H,41,42). The van der Waals surface area contributed by atoms with Crippen molar-refractivity contribution in [3.63, 3.8) is 0 Å². The van der Waals surface area contributed by atoms with Crippen LogP contribution in [0.1, 0.15) is 116 Å². The Morgan fingerprint density at radius 1 is 0.548 bits per heavy atom. The van der Waals surface area contributed by atoms with Gasteiger partial charge in [-0.3, -0.25) is 9.59 Å². The molecule has 0 bridgehead atoms. The summed E-state index contributed by atoms with van der Waals surface area (Å²) in [6, 6.07) is 20.0. The number of rotatable bonds is 14. The first kappa shape index (κ1) is 30.4. The van der Waals surface area contributed by atoms with Gasteiger partial charge in [0.2, 0.25) is 0 Å². The zero-order valence-electron chi connectivity index (χ0n) is 24.1. The Hall–Kier alpha value is -4.58. The Labute approximate surface area is 246 Å². The highest BCUT2D eigenvalue weighted by atomic mass is 16.4. The monoisotopic (exact) mass is 564 g/mol. The second-order valence-corrected chi connectivity index (χ2v) is 10.6. The SMILES string of the molecule is CCCCCc1c(C(=O)c2ccccc2)c(C(=O)O)cc2c(CCCCC)c(C(=O)c3ccccc3)c(C(=O)O)cc12. The van der Waals surface area contributed by atoms with E-state index in [1.54, 1.807) is 60.7 Å². The van der Waals surface area contributed by atoms with Crippen molar-refractivity contribution >= 4 is 34.3 Å². The van der Waals surface area contributed by atoms with Crippen LogP contribution in [0.15, 0.2) is 72.8 Å². The van der Waals surface area contributed by atoms with Crippen molar-refractivity contribution < 1.29 is 29.4 Å². The van der Waals surface area contributed by atoms with Gasteiger partial charge in [-0.05, 0) is 59.7 Å². The summed E-state index contributed by atoms with van der Waals surface area (Å²) in [7, 11) is 0. The molecule has 0 fully saturated rings. The minimum absolute atomic E-state index is 0.0790. The number of carbonyl (C=O) groups excluding carboxylic acids is 2. The lowest BCUT2D eigenvalue weighted by Gasteiger charge is -2.21.